The number of nitrogens with one attached hydrogen (secondary N) is 1. The topological polar surface area (TPSA) is 21.3 Å². The summed E-state index contributed by atoms with van der Waals surface area (Å²) in [6.45, 7) is 7.74. The first-order valence-electron chi connectivity index (χ1n) is 6.81. The molecule has 0 amide bonds. The third kappa shape index (κ3) is 6.37. The van der Waals surface area contributed by atoms with Gasteiger partial charge in [-0.1, -0.05) is 24.6 Å². The van der Waals surface area contributed by atoms with E-state index in [9.17, 15) is 4.39 Å². The summed E-state index contributed by atoms with van der Waals surface area (Å²) in [5.74, 6) is -0.295. The summed E-state index contributed by atoms with van der Waals surface area (Å²) in [5, 5.41) is 3.91. The third-order valence-electron chi connectivity index (χ3n) is 2.89. The molecule has 0 radical (unpaired) electrons. The van der Waals surface area contributed by atoms with Crippen molar-refractivity contribution in [3.05, 3.63) is 34.6 Å². The normalized spacial score (nSPS) is 12.9. The molecule has 19 heavy (non-hydrogen) atoms. The zero-order chi connectivity index (χ0) is 14.3. The lowest BCUT2D eigenvalue weighted by Crippen LogP contribution is -2.32. The van der Waals surface area contributed by atoms with Crippen LogP contribution >= 0.6 is 11.6 Å². The van der Waals surface area contributed by atoms with Crippen molar-refractivity contribution in [3.8, 4) is 0 Å². The van der Waals surface area contributed by atoms with E-state index in [0.717, 1.165) is 24.9 Å². The number of rotatable bonds is 8. The molecule has 0 aliphatic rings. The summed E-state index contributed by atoms with van der Waals surface area (Å²) >= 11 is 6.06. The fraction of sp³-hybridized carbons (Fsp3) is 0.600. The molecule has 0 saturated carbocycles. The fourth-order valence-electron chi connectivity index (χ4n) is 1.96. The molecule has 1 atom stereocenters. The van der Waals surface area contributed by atoms with E-state index in [4.69, 9.17) is 16.3 Å². The Morgan fingerprint density at radius 2 is 2.11 bits per heavy atom. The van der Waals surface area contributed by atoms with Crippen molar-refractivity contribution in [2.24, 2.45) is 0 Å². The van der Waals surface area contributed by atoms with E-state index in [1.54, 1.807) is 6.07 Å². The monoisotopic (exact) mass is 287 g/mol. The average molecular weight is 288 g/mol. The predicted molar refractivity (Wildman–Crippen MR) is 78.3 cm³/mol. The Morgan fingerprint density at radius 1 is 1.37 bits per heavy atom. The lowest BCUT2D eigenvalue weighted by molar-refractivity contribution is 0.0716. The fourth-order valence-corrected chi connectivity index (χ4v) is 2.21. The van der Waals surface area contributed by atoms with Crippen molar-refractivity contribution >= 4 is 11.6 Å². The van der Waals surface area contributed by atoms with Crippen LogP contribution in [0.1, 0.15) is 32.8 Å². The molecule has 1 unspecified atom stereocenters. The van der Waals surface area contributed by atoms with Gasteiger partial charge in [-0.2, -0.15) is 0 Å². The minimum Gasteiger partial charge on any atom is -0.379 e. The number of hydrogen-bond acceptors (Lipinski definition) is 2. The van der Waals surface area contributed by atoms with Gasteiger partial charge in [0.25, 0.3) is 0 Å². The maximum atomic E-state index is 13.0. The summed E-state index contributed by atoms with van der Waals surface area (Å²) in [6, 6.07) is 4.87. The van der Waals surface area contributed by atoms with Crippen molar-refractivity contribution in [3.63, 3.8) is 0 Å². The van der Waals surface area contributed by atoms with Gasteiger partial charge in [0.15, 0.2) is 0 Å². The molecule has 0 heterocycles. The third-order valence-corrected chi connectivity index (χ3v) is 3.24. The molecule has 0 aromatic heterocycles. The van der Waals surface area contributed by atoms with Gasteiger partial charge in [-0.3, -0.25) is 0 Å². The molecule has 1 N–H and O–H groups in total. The maximum Gasteiger partial charge on any atom is 0.124 e. The quantitative estimate of drug-likeness (QED) is 0.785. The molecular weight excluding hydrogens is 265 g/mol. The van der Waals surface area contributed by atoms with Gasteiger partial charge in [-0.25, -0.2) is 4.39 Å². The van der Waals surface area contributed by atoms with Gasteiger partial charge in [0.2, 0.25) is 0 Å². The highest BCUT2D eigenvalue weighted by molar-refractivity contribution is 6.31. The second-order valence-electron chi connectivity index (χ2n) is 4.90. The van der Waals surface area contributed by atoms with Crippen LogP contribution in [0.2, 0.25) is 5.02 Å². The molecular formula is C15H23ClFNO. The van der Waals surface area contributed by atoms with Gasteiger partial charge in [-0.15, -0.1) is 0 Å². The van der Waals surface area contributed by atoms with Crippen LogP contribution in [0.3, 0.4) is 0 Å². The van der Waals surface area contributed by atoms with Crippen molar-refractivity contribution < 1.29 is 9.13 Å². The predicted octanol–water partition coefficient (Wildman–Crippen LogP) is 3.81. The van der Waals surface area contributed by atoms with Crippen LogP contribution in [0.5, 0.6) is 0 Å². The van der Waals surface area contributed by atoms with Crippen LogP contribution in [-0.4, -0.2) is 25.3 Å². The van der Waals surface area contributed by atoms with Gasteiger partial charge >= 0.3 is 0 Å². The first kappa shape index (κ1) is 16.4. The van der Waals surface area contributed by atoms with E-state index in [1.165, 1.54) is 12.1 Å². The number of likely N-dealkylation sites (N-methyl/N-ethyl adjacent to an activating group) is 1. The van der Waals surface area contributed by atoms with Crippen LogP contribution in [0.25, 0.3) is 0 Å². The molecule has 108 valence electrons. The zero-order valence-electron chi connectivity index (χ0n) is 11.9. The van der Waals surface area contributed by atoms with E-state index in [-0.39, 0.29) is 11.9 Å². The molecule has 0 saturated heterocycles. The van der Waals surface area contributed by atoms with Gasteiger partial charge in [0.05, 0.1) is 6.10 Å². The van der Waals surface area contributed by atoms with Crippen molar-refractivity contribution in [1.82, 2.24) is 5.32 Å². The Kier molecular flexibility index (Phi) is 7.36. The van der Waals surface area contributed by atoms with E-state index < -0.39 is 0 Å². The summed E-state index contributed by atoms with van der Waals surface area (Å²) in [7, 11) is 0. The summed E-state index contributed by atoms with van der Waals surface area (Å²) in [6.07, 6.45) is 1.95. The Morgan fingerprint density at radius 3 is 2.68 bits per heavy atom. The van der Waals surface area contributed by atoms with E-state index in [2.05, 4.69) is 12.2 Å². The second kappa shape index (κ2) is 8.51. The highest BCUT2D eigenvalue weighted by Gasteiger charge is 2.11. The van der Waals surface area contributed by atoms with Crippen molar-refractivity contribution in [2.45, 2.75) is 45.8 Å². The van der Waals surface area contributed by atoms with Crippen LogP contribution in [0, 0.1) is 5.82 Å². The van der Waals surface area contributed by atoms with E-state index in [0.29, 0.717) is 17.7 Å². The van der Waals surface area contributed by atoms with Crippen LogP contribution in [-0.2, 0) is 11.2 Å². The second-order valence-corrected chi connectivity index (χ2v) is 5.31. The number of ether oxygens (including phenoxy) is 1. The smallest absolute Gasteiger partial charge is 0.124 e. The Bertz CT molecular complexity index is 384. The largest absolute Gasteiger partial charge is 0.379 e. The summed E-state index contributed by atoms with van der Waals surface area (Å²) in [5.41, 5.74) is 0.971. The van der Waals surface area contributed by atoms with Gasteiger partial charge in [0, 0.05) is 17.7 Å². The van der Waals surface area contributed by atoms with E-state index >= 15 is 0 Å². The van der Waals surface area contributed by atoms with Gasteiger partial charge in [0.1, 0.15) is 5.82 Å². The number of hydrogen-bond donors (Lipinski definition) is 1. The van der Waals surface area contributed by atoms with E-state index in [1.807, 2.05) is 13.8 Å². The zero-order valence-corrected chi connectivity index (χ0v) is 12.6. The molecule has 1 rings (SSSR count). The molecule has 0 aliphatic heterocycles. The number of halogens is 2. The van der Waals surface area contributed by atoms with Gasteiger partial charge < -0.3 is 10.1 Å². The Labute approximate surface area is 120 Å². The highest BCUT2D eigenvalue weighted by Crippen LogP contribution is 2.19. The summed E-state index contributed by atoms with van der Waals surface area (Å²) < 4.78 is 18.6. The molecule has 1 aromatic rings. The van der Waals surface area contributed by atoms with Crippen molar-refractivity contribution in [2.75, 3.05) is 13.2 Å². The Hall–Kier alpha value is -0.640. The summed E-state index contributed by atoms with van der Waals surface area (Å²) in [4.78, 5) is 0. The molecule has 0 fully saturated rings. The van der Waals surface area contributed by atoms with Crippen LogP contribution < -0.4 is 5.32 Å². The molecule has 1 aromatic carbocycles. The standard InChI is InChI=1S/C15H23ClFNO/c1-4-18-14(7-8-19-11(2)3)9-12-5-6-13(17)10-15(12)16/h5-6,10-11,14,18H,4,7-9H2,1-3H3. The average Bonchev–Trinajstić information content (AvgIpc) is 2.32. The molecule has 4 heteroatoms. The highest BCUT2D eigenvalue weighted by atomic mass is 35.5. The SMILES string of the molecule is CCNC(CCOC(C)C)Cc1ccc(F)cc1Cl. The molecule has 0 aliphatic carbocycles. The molecule has 0 spiro atoms. The maximum absolute atomic E-state index is 13.0. The minimum atomic E-state index is -0.295. The Balaban J connectivity index is 2.56. The first-order valence-corrected chi connectivity index (χ1v) is 7.19. The van der Waals surface area contributed by atoms with Gasteiger partial charge in [-0.05, 0) is 50.9 Å². The lowest BCUT2D eigenvalue weighted by Gasteiger charge is -2.19. The lowest BCUT2D eigenvalue weighted by atomic mass is 10.0. The van der Waals surface area contributed by atoms with Crippen LogP contribution in [0.4, 0.5) is 4.39 Å². The minimum absolute atomic E-state index is 0.247. The van der Waals surface area contributed by atoms with Crippen LogP contribution in [0.15, 0.2) is 18.2 Å². The molecule has 0 bridgehead atoms. The molecule has 2 nitrogen and oxygen atoms in total. The van der Waals surface area contributed by atoms with Crippen molar-refractivity contribution in [1.29, 1.82) is 0 Å². The first-order chi connectivity index (χ1) is 9.02. The number of benzene rings is 1.